The van der Waals surface area contributed by atoms with E-state index in [4.69, 9.17) is 14.4 Å². The van der Waals surface area contributed by atoms with E-state index in [9.17, 15) is 0 Å². The number of para-hydroxylation sites is 1. The van der Waals surface area contributed by atoms with E-state index in [1.807, 2.05) is 55.5 Å². The van der Waals surface area contributed by atoms with E-state index < -0.39 is 0 Å². The molecular formula is C35H24N2O. The van der Waals surface area contributed by atoms with E-state index in [2.05, 4.69) is 78.9 Å². The number of rotatable bonds is 4. The zero-order chi connectivity index (χ0) is 25.5. The highest BCUT2D eigenvalue weighted by Crippen LogP contribution is 2.38. The number of aryl methyl sites for hydroxylation is 1. The lowest BCUT2D eigenvalue weighted by atomic mass is 9.92. The second-order valence-corrected chi connectivity index (χ2v) is 9.52. The Kier molecular flexibility index (Phi) is 5.33. The van der Waals surface area contributed by atoms with Crippen molar-refractivity contribution in [1.29, 1.82) is 0 Å². The molecule has 0 saturated carbocycles. The molecule has 0 saturated heterocycles. The highest BCUT2D eigenvalue weighted by Gasteiger charge is 2.15. The van der Waals surface area contributed by atoms with Crippen LogP contribution in [0.4, 0.5) is 0 Å². The Bertz CT molecular complexity index is 1920. The summed E-state index contributed by atoms with van der Waals surface area (Å²) in [4.78, 5) is 9.78. The summed E-state index contributed by atoms with van der Waals surface area (Å²) in [5.41, 5.74) is 10.2. The second-order valence-electron chi connectivity index (χ2n) is 9.52. The number of fused-ring (bicyclic) bond motifs is 3. The van der Waals surface area contributed by atoms with Gasteiger partial charge in [0.15, 0.2) is 5.82 Å². The molecule has 0 amide bonds. The minimum absolute atomic E-state index is 0.717. The van der Waals surface area contributed by atoms with Gasteiger partial charge in [-0.2, -0.15) is 0 Å². The van der Waals surface area contributed by atoms with E-state index in [0.29, 0.717) is 0 Å². The summed E-state index contributed by atoms with van der Waals surface area (Å²) >= 11 is 0. The molecule has 0 unspecified atom stereocenters. The third kappa shape index (κ3) is 3.95. The van der Waals surface area contributed by atoms with Crippen LogP contribution in [-0.4, -0.2) is 9.97 Å². The van der Waals surface area contributed by atoms with Crippen LogP contribution in [-0.2, 0) is 0 Å². The molecule has 0 radical (unpaired) electrons. The van der Waals surface area contributed by atoms with Gasteiger partial charge in [-0.15, -0.1) is 0 Å². The van der Waals surface area contributed by atoms with Gasteiger partial charge in [-0.1, -0.05) is 97.1 Å². The Morgan fingerprint density at radius 2 is 1.16 bits per heavy atom. The molecule has 180 valence electrons. The van der Waals surface area contributed by atoms with E-state index in [1.54, 1.807) is 0 Å². The third-order valence-electron chi connectivity index (χ3n) is 6.98. The van der Waals surface area contributed by atoms with Crippen LogP contribution >= 0.6 is 0 Å². The standard InChI is InChI=1S/C35H24N2O/c1-23-20-32(25-12-6-3-7-13-25)37-35(36-23)27-17-18-28(24-10-4-2-5-11-24)31(21-27)26-16-19-30-29-14-8-9-15-33(29)38-34(30)22-26/h2-22H,1H3. The van der Waals surface area contributed by atoms with E-state index >= 15 is 0 Å². The molecular weight excluding hydrogens is 464 g/mol. The molecule has 38 heavy (non-hydrogen) atoms. The van der Waals surface area contributed by atoms with Gasteiger partial charge in [0.1, 0.15) is 11.2 Å². The van der Waals surface area contributed by atoms with Crippen molar-refractivity contribution >= 4 is 21.9 Å². The van der Waals surface area contributed by atoms with Gasteiger partial charge in [0.05, 0.1) is 5.69 Å². The van der Waals surface area contributed by atoms with Gasteiger partial charge >= 0.3 is 0 Å². The van der Waals surface area contributed by atoms with Crippen LogP contribution in [0.1, 0.15) is 5.69 Å². The lowest BCUT2D eigenvalue weighted by molar-refractivity contribution is 0.669. The molecule has 0 fully saturated rings. The molecule has 3 nitrogen and oxygen atoms in total. The van der Waals surface area contributed by atoms with Crippen LogP contribution in [0.3, 0.4) is 0 Å². The maximum atomic E-state index is 6.23. The van der Waals surface area contributed by atoms with Crippen molar-refractivity contribution in [2.24, 2.45) is 0 Å². The fourth-order valence-electron chi connectivity index (χ4n) is 5.14. The summed E-state index contributed by atoms with van der Waals surface area (Å²) in [7, 11) is 0. The second kappa shape index (κ2) is 9.13. The molecule has 0 aliphatic heterocycles. The average molecular weight is 489 g/mol. The van der Waals surface area contributed by atoms with Gasteiger partial charge in [0, 0.05) is 27.6 Å². The van der Waals surface area contributed by atoms with Gasteiger partial charge in [-0.3, -0.25) is 0 Å². The molecule has 3 heteroatoms. The summed E-state index contributed by atoms with van der Waals surface area (Å²) < 4.78 is 6.23. The molecule has 7 rings (SSSR count). The molecule has 0 spiro atoms. The van der Waals surface area contributed by atoms with Crippen molar-refractivity contribution in [2.75, 3.05) is 0 Å². The summed E-state index contributed by atoms with van der Waals surface area (Å²) in [5, 5.41) is 2.25. The molecule has 0 N–H and O–H groups in total. The fourth-order valence-corrected chi connectivity index (χ4v) is 5.14. The number of furan rings is 1. The lowest BCUT2D eigenvalue weighted by Gasteiger charge is -2.13. The van der Waals surface area contributed by atoms with Crippen LogP contribution in [0.5, 0.6) is 0 Å². The van der Waals surface area contributed by atoms with Crippen molar-refractivity contribution in [2.45, 2.75) is 6.92 Å². The first kappa shape index (κ1) is 22.2. The smallest absolute Gasteiger partial charge is 0.160 e. The van der Waals surface area contributed by atoms with Gasteiger partial charge in [0.25, 0.3) is 0 Å². The van der Waals surface area contributed by atoms with Gasteiger partial charge in [0.2, 0.25) is 0 Å². The SMILES string of the molecule is Cc1cc(-c2ccccc2)nc(-c2ccc(-c3ccccc3)c(-c3ccc4c(c3)oc3ccccc34)c2)n1. The summed E-state index contributed by atoms with van der Waals surface area (Å²) in [6.45, 7) is 2.02. The van der Waals surface area contributed by atoms with E-state index in [-0.39, 0.29) is 0 Å². The number of hydrogen-bond donors (Lipinski definition) is 0. The first-order valence-electron chi connectivity index (χ1n) is 12.8. The molecule has 0 atom stereocenters. The fraction of sp³-hybridized carbons (Fsp3) is 0.0286. The Morgan fingerprint density at radius 3 is 1.97 bits per heavy atom. The molecule has 0 aliphatic carbocycles. The van der Waals surface area contributed by atoms with Crippen molar-refractivity contribution < 1.29 is 4.42 Å². The Hall–Kier alpha value is -5.02. The molecule has 7 aromatic rings. The summed E-state index contributed by atoms with van der Waals surface area (Å²) in [6.07, 6.45) is 0. The number of hydrogen-bond acceptors (Lipinski definition) is 3. The van der Waals surface area contributed by atoms with Crippen LogP contribution in [0.15, 0.2) is 132 Å². The van der Waals surface area contributed by atoms with E-state index in [0.717, 1.165) is 72.5 Å². The molecule has 2 aromatic heterocycles. The molecule has 5 aromatic carbocycles. The first-order chi connectivity index (χ1) is 18.7. The Labute approximate surface area is 221 Å². The van der Waals surface area contributed by atoms with Crippen LogP contribution in [0.25, 0.3) is 66.8 Å². The number of nitrogens with zero attached hydrogens (tertiary/aromatic N) is 2. The Morgan fingerprint density at radius 1 is 0.474 bits per heavy atom. The molecule has 0 bridgehead atoms. The number of benzene rings is 5. The normalized spacial score (nSPS) is 11.3. The molecule has 2 heterocycles. The predicted molar refractivity (Wildman–Crippen MR) is 156 cm³/mol. The zero-order valence-electron chi connectivity index (χ0n) is 20.9. The van der Waals surface area contributed by atoms with Crippen LogP contribution < -0.4 is 0 Å². The molecule has 0 aliphatic rings. The van der Waals surface area contributed by atoms with Gasteiger partial charge in [-0.05, 0) is 59.5 Å². The maximum Gasteiger partial charge on any atom is 0.160 e. The third-order valence-corrected chi connectivity index (χ3v) is 6.98. The first-order valence-corrected chi connectivity index (χ1v) is 12.8. The average Bonchev–Trinajstić information content (AvgIpc) is 3.35. The minimum Gasteiger partial charge on any atom is -0.456 e. The topological polar surface area (TPSA) is 38.9 Å². The minimum atomic E-state index is 0.717. The van der Waals surface area contributed by atoms with E-state index in [1.165, 1.54) is 0 Å². The monoisotopic (exact) mass is 488 g/mol. The summed E-state index contributed by atoms with van der Waals surface area (Å²) in [5.74, 6) is 0.717. The van der Waals surface area contributed by atoms with Crippen LogP contribution in [0.2, 0.25) is 0 Å². The number of aromatic nitrogens is 2. The highest BCUT2D eigenvalue weighted by molar-refractivity contribution is 6.06. The maximum absolute atomic E-state index is 6.23. The lowest BCUT2D eigenvalue weighted by Crippen LogP contribution is -1.96. The largest absolute Gasteiger partial charge is 0.456 e. The van der Waals surface area contributed by atoms with Crippen molar-refractivity contribution in [3.05, 3.63) is 133 Å². The van der Waals surface area contributed by atoms with Crippen LogP contribution in [0, 0.1) is 6.92 Å². The highest BCUT2D eigenvalue weighted by atomic mass is 16.3. The Balaban J connectivity index is 1.42. The van der Waals surface area contributed by atoms with Crippen molar-refractivity contribution in [1.82, 2.24) is 9.97 Å². The van der Waals surface area contributed by atoms with Gasteiger partial charge < -0.3 is 4.42 Å². The van der Waals surface area contributed by atoms with Crippen molar-refractivity contribution in [3.8, 4) is 44.9 Å². The quantitative estimate of drug-likeness (QED) is 0.248. The predicted octanol–water partition coefficient (Wildman–Crippen LogP) is 9.35. The zero-order valence-corrected chi connectivity index (χ0v) is 20.9. The summed E-state index contributed by atoms with van der Waals surface area (Å²) in [6, 6.07) is 44.0. The van der Waals surface area contributed by atoms with Crippen molar-refractivity contribution in [3.63, 3.8) is 0 Å². The van der Waals surface area contributed by atoms with Gasteiger partial charge in [-0.25, -0.2) is 9.97 Å².